The number of rotatable bonds is 2. The largest absolute Gasteiger partial charge is 0.377 e. The zero-order chi connectivity index (χ0) is 14.3. The van der Waals surface area contributed by atoms with Crippen LogP contribution in [0.1, 0.15) is 17.2 Å². The van der Waals surface area contributed by atoms with Gasteiger partial charge in [0.1, 0.15) is 0 Å². The maximum absolute atomic E-state index is 12.1. The highest BCUT2D eigenvalue weighted by atomic mass is 79.9. The molecule has 0 spiro atoms. The normalized spacial score (nSPS) is 19.6. The zero-order valence-electron chi connectivity index (χ0n) is 10.9. The highest BCUT2D eigenvalue weighted by Crippen LogP contribution is 2.35. The smallest absolute Gasteiger partial charge is 0.181 e. The molecule has 3 nitrogen and oxygen atoms in total. The molecule has 1 atom stereocenters. The van der Waals surface area contributed by atoms with Crippen LogP contribution in [0.15, 0.2) is 51.8 Å². The summed E-state index contributed by atoms with van der Waals surface area (Å²) in [5.41, 5.74) is 2.92. The van der Waals surface area contributed by atoms with Crippen LogP contribution in [0.3, 0.4) is 0 Å². The summed E-state index contributed by atoms with van der Waals surface area (Å²) in [5.74, 6) is 0.109. The molecule has 0 bridgehead atoms. The summed E-state index contributed by atoms with van der Waals surface area (Å²) < 4.78 is 25.3. The molecule has 1 unspecified atom stereocenters. The highest BCUT2D eigenvalue weighted by molar-refractivity contribution is 9.10. The summed E-state index contributed by atoms with van der Waals surface area (Å²) in [4.78, 5) is 0.448. The minimum absolute atomic E-state index is 0.109. The number of hydrogen-bond donors (Lipinski definition) is 1. The maximum Gasteiger partial charge on any atom is 0.181 e. The molecule has 1 N–H and O–H groups in total. The summed E-state index contributed by atoms with van der Waals surface area (Å²) >= 11 is 3.49. The Morgan fingerprint density at radius 3 is 2.70 bits per heavy atom. The standard InChI is InChI=1S/C15H14BrNO2S/c1-10-6-7-11(8-13(10)16)17-14-9-20(18,19)15-5-3-2-4-12(14)15/h2-8,14,17H,9H2,1H3. The molecule has 1 heterocycles. The quantitative estimate of drug-likeness (QED) is 0.897. The van der Waals surface area contributed by atoms with Gasteiger partial charge in [0.15, 0.2) is 9.84 Å². The zero-order valence-corrected chi connectivity index (χ0v) is 13.3. The lowest BCUT2D eigenvalue weighted by molar-refractivity contribution is 0.598. The lowest BCUT2D eigenvalue weighted by Gasteiger charge is -2.15. The monoisotopic (exact) mass is 351 g/mol. The number of nitrogens with one attached hydrogen (secondary N) is 1. The molecule has 0 radical (unpaired) electrons. The van der Waals surface area contributed by atoms with E-state index in [1.807, 2.05) is 37.3 Å². The molecule has 3 rings (SSSR count). The third-order valence-corrected chi connectivity index (χ3v) is 6.20. The molecule has 0 aliphatic carbocycles. The van der Waals surface area contributed by atoms with E-state index in [0.29, 0.717) is 4.90 Å². The molecule has 1 aliphatic heterocycles. The van der Waals surface area contributed by atoms with Crippen LogP contribution in [-0.4, -0.2) is 14.2 Å². The van der Waals surface area contributed by atoms with E-state index in [0.717, 1.165) is 21.3 Å². The number of sulfone groups is 1. The van der Waals surface area contributed by atoms with Crippen LogP contribution in [0.5, 0.6) is 0 Å². The first-order valence-electron chi connectivity index (χ1n) is 6.32. The average molecular weight is 352 g/mol. The lowest BCUT2D eigenvalue weighted by Crippen LogP contribution is -2.12. The summed E-state index contributed by atoms with van der Waals surface area (Å²) in [5, 5.41) is 3.31. The van der Waals surface area contributed by atoms with Gasteiger partial charge in [-0.2, -0.15) is 0 Å². The third kappa shape index (κ3) is 2.36. The second kappa shape index (κ2) is 4.90. The summed E-state index contributed by atoms with van der Waals surface area (Å²) in [6, 6.07) is 12.9. The lowest BCUT2D eigenvalue weighted by atomic mass is 10.1. The van der Waals surface area contributed by atoms with Crippen molar-refractivity contribution < 1.29 is 8.42 Å². The predicted molar refractivity (Wildman–Crippen MR) is 83.7 cm³/mol. The van der Waals surface area contributed by atoms with Crippen molar-refractivity contribution in [2.45, 2.75) is 17.9 Å². The number of hydrogen-bond acceptors (Lipinski definition) is 3. The van der Waals surface area contributed by atoms with Crippen LogP contribution in [0, 0.1) is 6.92 Å². The number of halogens is 1. The van der Waals surface area contributed by atoms with Crippen LogP contribution in [-0.2, 0) is 9.84 Å². The van der Waals surface area contributed by atoms with E-state index in [1.165, 1.54) is 0 Å². The molecular weight excluding hydrogens is 338 g/mol. The fourth-order valence-electron chi connectivity index (χ4n) is 2.45. The van der Waals surface area contributed by atoms with Gasteiger partial charge in [0.05, 0.1) is 16.7 Å². The first-order chi connectivity index (χ1) is 9.47. The molecule has 2 aromatic carbocycles. The van der Waals surface area contributed by atoms with Crippen LogP contribution >= 0.6 is 15.9 Å². The Morgan fingerprint density at radius 2 is 1.95 bits per heavy atom. The second-order valence-corrected chi connectivity index (χ2v) is 7.84. The first-order valence-corrected chi connectivity index (χ1v) is 8.76. The van der Waals surface area contributed by atoms with Crippen molar-refractivity contribution in [1.82, 2.24) is 0 Å². The molecule has 1 aliphatic rings. The summed E-state index contributed by atoms with van der Waals surface area (Å²) in [6.07, 6.45) is 0. The van der Waals surface area contributed by atoms with Gasteiger partial charge in [0, 0.05) is 10.2 Å². The van der Waals surface area contributed by atoms with Gasteiger partial charge in [-0.1, -0.05) is 40.2 Å². The van der Waals surface area contributed by atoms with Gasteiger partial charge in [-0.3, -0.25) is 0 Å². The maximum atomic E-state index is 12.1. The minimum atomic E-state index is -3.17. The summed E-state index contributed by atoms with van der Waals surface area (Å²) in [7, 11) is -3.17. The van der Waals surface area contributed by atoms with Gasteiger partial charge in [0.2, 0.25) is 0 Å². The highest BCUT2D eigenvalue weighted by Gasteiger charge is 2.34. The molecule has 0 saturated heterocycles. The van der Waals surface area contributed by atoms with Gasteiger partial charge in [-0.05, 0) is 36.2 Å². The van der Waals surface area contributed by atoms with Crippen LogP contribution in [0.4, 0.5) is 5.69 Å². The fourth-order valence-corrected chi connectivity index (χ4v) is 4.57. The molecular formula is C15H14BrNO2S. The van der Waals surface area contributed by atoms with E-state index < -0.39 is 9.84 Å². The van der Waals surface area contributed by atoms with E-state index in [2.05, 4.69) is 21.2 Å². The van der Waals surface area contributed by atoms with Crippen molar-refractivity contribution in [3.63, 3.8) is 0 Å². The first kappa shape index (κ1) is 13.6. The van der Waals surface area contributed by atoms with Gasteiger partial charge in [-0.15, -0.1) is 0 Å². The van der Waals surface area contributed by atoms with Crippen molar-refractivity contribution in [1.29, 1.82) is 0 Å². The predicted octanol–water partition coefficient (Wildman–Crippen LogP) is 3.70. The molecule has 2 aromatic rings. The van der Waals surface area contributed by atoms with Crippen LogP contribution < -0.4 is 5.32 Å². The Balaban J connectivity index is 1.95. The Morgan fingerprint density at radius 1 is 1.20 bits per heavy atom. The molecule has 20 heavy (non-hydrogen) atoms. The molecule has 0 amide bonds. The number of anilines is 1. The van der Waals surface area contributed by atoms with Crippen molar-refractivity contribution in [2.24, 2.45) is 0 Å². The SMILES string of the molecule is Cc1ccc(NC2CS(=O)(=O)c3ccccc32)cc1Br. The Labute approximate surface area is 127 Å². The number of aryl methyl sites for hydroxylation is 1. The van der Waals surface area contributed by atoms with Crippen molar-refractivity contribution >= 4 is 31.5 Å². The van der Waals surface area contributed by atoms with Gasteiger partial charge >= 0.3 is 0 Å². The van der Waals surface area contributed by atoms with Crippen molar-refractivity contribution in [3.8, 4) is 0 Å². The van der Waals surface area contributed by atoms with E-state index in [-0.39, 0.29) is 11.8 Å². The van der Waals surface area contributed by atoms with E-state index in [4.69, 9.17) is 0 Å². The number of benzene rings is 2. The van der Waals surface area contributed by atoms with E-state index >= 15 is 0 Å². The Kier molecular flexibility index (Phi) is 3.34. The van der Waals surface area contributed by atoms with E-state index in [1.54, 1.807) is 12.1 Å². The van der Waals surface area contributed by atoms with Crippen molar-refractivity contribution in [3.05, 3.63) is 58.1 Å². The molecule has 5 heteroatoms. The molecule has 0 saturated carbocycles. The second-order valence-electron chi connectivity index (χ2n) is 4.98. The third-order valence-electron chi connectivity index (χ3n) is 3.53. The van der Waals surface area contributed by atoms with Crippen LogP contribution in [0.25, 0.3) is 0 Å². The average Bonchev–Trinajstić information content (AvgIpc) is 2.66. The minimum Gasteiger partial charge on any atom is -0.377 e. The van der Waals surface area contributed by atoms with Crippen LogP contribution in [0.2, 0.25) is 0 Å². The summed E-state index contributed by atoms with van der Waals surface area (Å²) in [6.45, 7) is 2.02. The Bertz CT molecular complexity index is 771. The van der Waals surface area contributed by atoms with Gasteiger partial charge in [-0.25, -0.2) is 8.42 Å². The molecule has 104 valence electrons. The number of fused-ring (bicyclic) bond motifs is 1. The Hall–Kier alpha value is -1.33. The van der Waals surface area contributed by atoms with Gasteiger partial charge < -0.3 is 5.32 Å². The van der Waals surface area contributed by atoms with Gasteiger partial charge in [0.25, 0.3) is 0 Å². The topological polar surface area (TPSA) is 46.2 Å². The van der Waals surface area contributed by atoms with E-state index in [9.17, 15) is 8.42 Å². The van der Waals surface area contributed by atoms with Crippen molar-refractivity contribution in [2.75, 3.05) is 11.1 Å². The molecule has 0 aromatic heterocycles. The molecule has 0 fully saturated rings. The fraction of sp³-hybridized carbons (Fsp3) is 0.200.